The predicted molar refractivity (Wildman–Crippen MR) is 128 cm³/mol. The number of nitrogens with one attached hydrogen (secondary N) is 1. The van der Waals surface area contributed by atoms with Crippen molar-refractivity contribution in [3.63, 3.8) is 0 Å². The smallest absolute Gasteiger partial charge is 0.350 e. The van der Waals surface area contributed by atoms with Gasteiger partial charge in [-0.25, -0.2) is 14.2 Å². The zero-order valence-electron chi connectivity index (χ0n) is 19.8. The number of carbonyl (C=O) groups excluding carboxylic acids is 1. The van der Waals surface area contributed by atoms with Crippen molar-refractivity contribution in [2.24, 2.45) is 5.92 Å². The van der Waals surface area contributed by atoms with Crippen molar-refractivity contribution >= 4 is 11.7 Å². The number of anilines is 1. The molecule has 1 aliphatic heterocycles. The first-order chi connectivity index (χ1) is 17.0. The highest BCUT2D eigenvalue weighted by Crippen LogP contribution is 2.29. The predicted octanol–water partition coefficient (Wildman–Crippen LogP) is 3.82. The van der Waals surface area contributed by atoms with Crippen LogP contribution in [0.3, 0.4) is 0 Å². The molecule has 2 aliphatic rings. The van der Waals surface area contributed by atoms with E-state index < -0.39 is 11.7 Å². The number of nitrogens with zero attached hydrogens (tertiary/aromatic N) is 5. The first kappa shape index (κ1) is 23.2. The fourth-order valence-corrected chi connectivity index (χ4v) is 4.82. The quantitative estimate of drug-likeness (QED) is 0.575. The van der Waals surface area contributed by atoms with Gasteiger partial charge in [0.05, 0.1) is 17.9 Å². The van der Waals surface area contributed by atoms with Crippen LogP contribution in [0.15, 0.2) is 29.3 Å². The molecule has 5 rings (SSSR count). The molecular formula is C25H29FN6O3. The van der Waals surface area contributed by atoms with Crippen molar-refractivity contribution in [3.8, 4) is 11.4 Å². The Hall–Kier alpha value is -3.56. The van der Waals surface area contributed by atoms with Crippen LogP contribution in [0.4, 0.5) is 10.2 Å². The molecule has 1 fully saturated rings. The maximum absolute atomic E-state index is 15.4. The van der Waals surface area contributed by atoms with E-state index in [4.69, 9.17) is 4.74 Å². The molecule has 10 heteroatoms. The Labute approximate surface area is 202 Å². The first-order valence-electron chi connectivity index (χ1n) is 12.3. The molecule has 1 amide bonds. The van der Waals surface area contributed by atoms with E-state index in [9.17, 15) is 9.59 Å². The molecule has 2 aromatic heterocycles. The molecule has 184 valence electrons. The lowest BCUT2D eigenvalue weighted by molar-refractivity contribution is 0.102. The zero-order chi connectivity index (χ0) is 24.4. The normalized spacial score (nSPS) is 16.1. The lowest BCUT2D eigenvalue weighted by Crippen LogP contribution is -2.27. The number of amides is 1. The van der Waals surface area contributed by atoms with Gasteiger partial charge in [0, 0.05) is 31.4 Å². The van der Waals surface area contributed by atoms with Gasteiger partial charge in [-0.05, 0) is 44.6 Å². The number of fused-ring (bicyclic) bond motifs is 1. The van der Waals surface area contributed by atoms with Crippen LogP contribution in [0.1, 0.15) is 66.8 Å². The molecule has 3 aromatic rings. The van der Waals surface area contributed by atoms with E-state index in [0.29, 0.717) is 42.8 Å². The van der Waals surface area contributed by atoms with Crippen LogP contribution in [0.5, 0.6) is 5.75 Å². The molecule has 0 atom stereocenters. The molecule has 1 aromatic carbocycles. The van der Waals surface area contributed by atoms with E-state index in [1.54, 1.807) is 11.5 Å². The molecule has 0 spiro atoms. The summed E-state index contributed by atoms with van der Waals surface area (Å²) >= 11 is 0. The van der Waals surface area contributed by atoms with E-state index in [1.165, 1.54) is 24.9 Å². The van der Waals surface area contributed by atoms with E-state index in [0.717, 1.165) is 49.3 Å². The standard InChI is InChI=1S/C25H29FN6O3/c1-16-23(28-11-10-27-16)29-24(33)18-13-19(26)20(14-21(18)35-15-17-7-3-2-4-8-17)32-25(34)31-12-6-5-9-22(31)30-32/h10-11,13-14,17H,2-9,12,15H2,1H3,(H,28,29,33). The highest BCUT2D eigenvalue weighted by molar-refractivity contribution is 6.06. The molecule has 0 radical (unpaired) electrons. The largest absolute Gasteiger partial charge is 0.492 e. The lowest BCUT2D eigenvalue weighted by atomic mass is 9.90. The van der Waals surface area contributed by atoms with Gasteiger partial charge in [-0.1, -0.05) is 19.3 Å². The molecular weight excluding hydrogens is 451 g/mol. The van der Waals surface area contributed by atoms with Crippen LogP contribution >= 0.6 is 0 Å². The Bertz CT molecular complexity index is 1290. The van der Waals surface area contributed by atoms with Gasteiger partial charge in [0.25, 0.3) is 5.91 Å². The Morgan fingerprint density at radius 3 is 2.71 bits per heavy atom. The van der Waals surface area contributed by atoms with Gasteiger partial charge in [-0.15, -0.1) is 5.10 Å². The number of aryl methyl sites for hydroxylation is 2. The highest BCUT2D eigenvalue weighted by Gasteiger charge is 2.24. The number of hydrogen-bond donors (Lipinski definition) is 1. The first-order valence-corrected chi connectivity index (χ1v) is 12.3. The van der Waals surface area contributed by atoms with Gasteiger partial charge in [0.15, 0.2) is 5.82 Å². The summed E-state index contributed by atoms with van der Waals surface area (Å²) in [7, 11) is 0. The number of hydrogen-bond acceptors (Lipinski definition) is 6. The molecule has 1 saturated carbocycles. The highest BCUT2D eigenvalue weighted by atomic mass is 19.1. The minimum atomic E-state index is -0.728. The van der Waals surface area contributed by atoms with E-state index in [2.05, 4.69) is 20.4 Å². The fraction of sp³-hybridized carbons (Fsp3) is 0.480. The Morgan fingerprint density at radius 2 is 1.94 bits per heavy atom. The SMILES string of the molecule is Cc1nccnc1NC(=O)c1cc(F)c(-n2nc3n(c2=O)CCCC3)cc1OCC1CCCCC1. The second-order valence-corrected chi connectivity index (χ2v) is 9.28. The summed E-state index contributed by atoms with van der Waals surface area (Å²) in [5, 5.41) is 7.07. The maximum atomic E-state index is 15.4. The molecule has 3 heterocycles. The van der Waals surface area contributed by atoms with Gasteiger partial charge in [-0.3, -0.25) is 14.3 Å². The van der Waals surface area contributed by atoms with Gasteiger partial charge in [-0.2, -0.15) is 4.68 Å². The zero-order valence-corrected chi connectivity index (χ0v) is 19.8. The average molecular weight is 481 g/mol. The van der Waals surface area contributed by atoms with E-state index >= 15 is 4.39 Å². The molecule has 35 heavy (non-hydrogen) atoms. The number of ether oxygens (including phenoxy) is 1. The third kappa shape index (κ3) is 4.82. The van der Waals surface area contributed by atoms with Crippen LogP contribution in [0.25, 0.3) is 5.69 Å². The molecule has 1 N–H and O–H groups in total. The Kier molecular flexibility index (Phi) is 6.61. The average Bonchev–Trinajstić information content (AvgIpc) is 3.21. The van der Waals surface area contributed by atoms with Crippen molar-refractivity contribution in [3.05, 3.63) is 57.9 Å². The lowest BCUT2D eigenvalue weighted by Gasteiger charge is -2.22. The van der Waals surface area contributed by atoms with Crippen LogP contribution in [0, 0.1) is 18.7 Å². The van der Waals surface area contributed by atoms with E-state index in [-0.39, 0.29) is 22.7 Å². The second-order valence-electron chi connectivity index (χ2n) is 9.28. The molecule has 9 nitrogen and oxygen atoms in total. The summed E-state index contributed by atoms with van der Waals surface area (Å²) in [5.74, 6) is 0.230. The molecule has 0 bridgehead atoms. The minimum absolute atomic E-state index is 0.0252. The van der Waals surface area contributed by atoms with Crippen LogP contribution in [0.2, 0.25) is 0 Å². The van der Waals surface area contributed by atoms with Gasteiger partial charge in [0.2, 0.25) is 0 Å². The number of aromatic nitrogens is 5. The van der Waals surface area contributed by atoms with Gasteiger partial charge in [0.1, 0.15) is 23.1 Å². The monoisotopic (exact) mass is 480 g/mol. The minimum Gasteiger partial charge on any atom is -0.492 e. The summed E-state index contributed by atoms with van der Waals surface area (Å²) in [6.07, 6.45) is 11.1. The number of carbonyl (C=O) groups is 1. The van der Waals surface area contributed by atoms with Crippen molar-refractivity contribution in [2.45, 2.75) is 64.8 Å². The molecule has 1 aliphatic carbocycles. The topological polar surface area (TPSA) is 104 Å². The summed E-state index contributed by atoms with van der Waals surface area (Å²) in [6, 6.07) is 2.52. The number of rotatable bonds is 6. The Balaban J connectivity index is 1.51. The Morgan fingerprint density at radius 1 is 1.14 bits per heavy atom. The fourth-order valence-electron chi connectivity index (χ4n) is 4.82. The molecule has 0 unspecified atom stereocenters. The summed E-state index contributed by atoms with van der Waals surface area (Å²) in [6.45, 7) is 2.71. The van der Waals surface area contributed by atoms with Gasteiger partial charge < -0.3 is 10.1 Å². The van der Waals surface area contributed by atoms with Crippen molar-refractivity contribution in [1.29, 1.82) is 0 Å². The maximum Gasteiger partial charge on any atom is 0.350 e. The summed E-state index contributed by atoms with van der Waals surface area (Å²) in [4.78, 5) is 34.4. The van der Waals surface area contributed by atoms with E-state index in [1.807, 2.05) is 0 Å². The van der Waals surface area contributed by atoms with Crippen LogP contribution in [-0.2, 0) is 13.0 Å². The van der Waals surface area contributed by atoms with Crippen molar-refractivity contribution in [1.82, 2.24) is 24.3 Å². The van der Waals surface area contributed by atoms with Crippen LogP contribution in [-0.4, -0.2) is 36.8 Å². The van der Waals surface area contributed by atoms with Gasteiger partial charge >= 0.3 is 5.69 Å². The molecule has 0 saturated heterocycles. The number of halogens is 1. The third-order valence-electron chi connectivity index (χ3n) is 6.81. The van der Waals surface area contributed by atoms with Crippen molar-refractivity contribution in [2.75, 3.05) is 11.9 Å². The number of benzene rings is 1. The van der Waals surface area contributed by atoms with Crippen molar-refractivity contribution < 1.29 is 13.9 Å². The summed E-state index contributed by atoms with van der Waals surface area (Å²) < 4.78 is 24.1. The second kappa shape index (κ2) is 9.97. The third-order valence-corrected chi connectivity index (χ3v) is 6.81. The van der Waals surface area contributed by atoms with Crippen LogP contribution < -0.4 is 15.7 Å². The summed E-state index contributed by atoms with van der Waals surface area (Å²) in [5.41, 5.74) is 0.161.